The molecule has 78 valence electrons. The van der Waals surface area contributed by atoms with E-state index < -0.39 is 6.67 Å². The summed E-state index contributed by atoms with van der Waals surface area (Å²) in [4.78, 5) is 5.07. The Hall–Kier alpha value is -1.10. The first-order valence-electron chi connectivity index (χ1n) is 4.45. The second-order valence-corrected chi connectivity index (χ2v) is 3.74. The molecule has 0 unspecified atom stereocenters. The number of nitrogens with one attached hydrogen (secondary N) is 1. The summed E-state index contributed by atoms with van der Waals surface area (Å²) in [7, 11) is 0. The predicted molar refractivity (Wildman–Crippen MR) is 58.5 cm³/mol. The van der Waals surface area contributed by atoms with Crippen LogP contribution in [0.15, 0.2) is 22.5 Å². The van der Waals surface area contributed by atoms with Crippen LogP contribution in [0.5, 0.6) is 0 Å². The van der Waals surface area contributed by atoms with Gasteiger partial charge in [-0.2, -0.15) is 0 Å². The summed E-state index contributed by atoms with van der Waals surface area (Å²) >= 11 is 1.71. The Kier molecular flexibility index (Phi) is 4.99. The fourth-order valence-electron chi connectivity index (χ4n) is 0.987. The Labute approximate surface area is 86.8 Å². The highest BCUT2D eigenvalue weighted by molar-refractivity contribution is 7.09. The molecule has 3 nitrogen and oxygen atoms in total. The molecule has 1 aromatic heterocycles. The van der Waals surface area contributed by atoms with Gasteiger partial charge in [-0.3, -0.25) is 4.99 Å². The van der Waals surface area contributed by atoms with E-state index in [2.05, 4.69) is 16.4 Å². The first kappa shape index (κ1) is 11.0. The van der Waals surface area contributed by atoms with E-state index in [0.717, 1.165) is 13.0 Å². The minimum absolute atomic E-state index is 0.137. The molecule has 1 heterocycles. The fraction of sp³-hybridized carbons (Fsp3) is 0.444. The van der Waals surface area contributed by atoms with Gasteiger partial charge in [0.25, 0.3) is 0 Å². The van der Waals surface area contributed by atoms with Crippen LogP contribution in [-0.2, 0) is 6.42 Å². The maximum Gasteiger partial charge on any atom is 0.188 e. The van der Waals surface area contributed by atoms with Crippen molar-refractivity contribution in [2.45, 2.75) is 6.42 Å². The van der Waals surface area contributed by atoms with E-state index in [1.165, 1.54) is 4.88 Å². The molecule has 1 aromatic rings. The summed E-state index contributed by atoms with van der Waals surface area (Å²) in [5.74, 6) is 0.319. The van der Waals surface area contributed by atoms with Crippen molar-refractivity contribution in [2.24, 2.45) is 10.7 Å². The van der Waals surface area contributed by atoms with Gasteiger partial charge in [-0.25, -0.2) is 4.39 Å². The zero-order valence-corrected chi connectivity index (χ0v) is 8.69. The average molecular weight is 215 g/mol. The molecule has 0 atom stereocenters. The van der Waals surface area contributed by atoms with E-state index in [-0.39, 0.29) is 6.54 Å². The summed E-state index contributed by atoms with van der Waals surface area (Å²) < 4.78 is 11.7. The standard InChI is InChI=1S/C9H14FN3S/c10-4-6-13-9(11)12-5-3-8-2-1-7-14-8/h1-2,7H,3-6H2,(H3,11,12,13). The van der Waals surface area contributed by atoms with Crippen LogP contribution in [0.4, 0.5) is 4.39 Å². The van der Waals surface area contributed by atoms with Crippen molar-refractivity contribution in [3.05, 3.63) is 22.4 Å². The van der Waals surface area contributed by atoms with Gasteiger partial charge >= 0.3 is 0 Å². The Bertz CT molecular complexity index is 272. The van der Waals surface area contributed by atoms with Gasteiger partial charge in [-0.15, -0.1) is 11.3 Å². The number of guanidine groups is 1. The van der Waals surface area contributed by atoms with Crippen LogP contribution in [-0.4, -0.2) is 25.7 Å². The van der Waals surface area contributed by atoms with Crippen LogP contribution in [0.25, 0.3) is 0 Å². The summed E-state index contributed by atoms with van der Waals surface area (Å²) in [5, 5.41) is 4.96. The number of hydrogen-bond donors (Lipinski definition) is 2. The normalized spacial score (nSPS) is 11.6. The van der Waals surface area contributed by atoms with Crippen molar-refractivity contribution in [3.8, 4) is 0 Å². The van der Waals surface area contributed by atoms with Crippen molar-refractivity contribution >= 4 is 17.3 Å². The molecule has 5 heteroatoms. The molecule has 0 saturated heterocycles. The summed E-state index contributed by atoms with van der Waals surface area (Å²) in [6, 6.07) is 4.09. The Morgan fingerprint density at radius 2 is 2.50 bits per heavy atom. The van der Waals surface area contributed by atoms with E-state index >= 15 is 0 Å². The van der Waals surface area contributed by atoms with Gasteiger partial charge in [0.05, 0.1) is 6.54 Å². The van der Waals surface area contributed by atoms with Gasteiger partial charge in [-0.1, -0.05) is 6.07 Å². The second kappa shape index (κ2) is 6.37. The minimum Gasteiger partial charge on any atom is -0.370 e. The lowest BCUT2D eigenvalue weighted by atomic mass is 10.3. The van der Waals surface area contributed by atoms with Gasteiger partial charge in [0.1, 0.15) is 6.67 Å². The number of rotatable bonds is 5. The summed E-state index contributed by atoms with van der Waals surface area (Å²) in [5.41, 5.74) is 5.47. The highest BCUT2D eigenvalue weighted by atomic mass is 32.1. The van der Waals surface area contributed by atoms with Crippen LogP contribution in [0.1, 0.15) is 4.88 Å². The molecule has 0 amide bonds. The largest absolute Gasteiger partial charge is 0.370 e. The maximum atomic E-state index is 11.7. The molecule has 0 aliphatic carbocycles. The summed E-state index contributed by atoms with van der Waals surface area (Å²) in [6.45, 7) is 0.410. The number of alkyl halides is 1. The Balaban J connectivity index is 2.15. The van der Waals surface area contributed by atoms with Crippen LogP contribution < -0.4 is 11.1 Å². The van der Waals surface area contributed by atoms with Gasteiger partial charge < -0.3 is 11.1 Å². The quantitative estimate of drug-likeness (QED) is 0.572. The SMILES string of the molecule is NC(=NCCF)NCCc1cccs1. The third-order valence-electron chi connectivity index (χ3n) is 1.62. The highest BCUT2D eigenvalue weighted by Gasteiger charge is 1.94. The first-order chi connectivity index (χ1) is 6.83. The number of thiophene rings is 1. The Morgan fingerprint density at radius 3 is 3.14 bits per heavy atom. The van der Waals surface area contributed by atoms with Crippen LogP contribution in [0, 0.1) is 0 Å². The lowest BCUT2D eigenvalue weighted by molar-refractivity contribution is 0.504. The van der Waals surface area contributed by atoms with Crippen molar-refractivity contribution in [2.75, 3.05) is 19.8 Å². The topological polar surface area (TPSA) is 50.4 Å². The van der Waals surface area contributed by atoms with Gasteiger partial charge in [0, 0.05) is 11.4 Å². The molecular formula is C9H14FN3S. The monoisotopic (exact) mass is 215 g/mol. The van der Waals surface area contributed by atoms with Gasteiger partial charge in [-0.05, 0) is 17.9 Å². The molecular weight excluding hydrogens is 201 g/mol. The third kappa shape index (κ3) is 4.23. The molecule has 0 saturated carbocycles. The second-order valence-electron chi connectivity index (χ2n) is 2.71. The Morgan fingerprint density at radius 1 is 1.64 bits per heavy atom. The molecule has 0 spiro atoms. The summed E-state index contributed by atoms with van der Waals surface area (Å²) in [6.07, 6.45) is 0.920. The number of hydrogen-bond acceptors (Lipinski definition) is 2. The van der Waals surface area contributed by atoms with Crippen molar-refractivity contribution in [1.82, 2.24) is 5.32 Å². The molecule has 0 aromatic carbocycles. The molecule has 0 aliphatic heterocycles. The zero-order valence-electron chi connectivity index (χ0n) is 7.87. The van der Waals surface area contributed by atoms with E-state index in [1.54, 1.807) is 11.3 Å². The smallest absolute Gasteiger partial charge is 0.188 e. The number of nitrogens with zero attached hydrogens (tertiary/aromatic N) is 1. The van der Waals surface area contributed by atoms with E-state index in [4.69, 9.17) is 5.73 Å². The zero-order chi connectivity index (χ0) is 10.2. The molecule has 3 N–H and O–H groups in total. The van der Waals surface area contributed by atoms with E-state index in [1.807, 2.05) is 11.4 Å². The lowest BCUT2D eigenvalue weighted by Gasteiger charge is -2.03. The number of nitrogens with two attached hydrogens (primary N) is 1. The van der Waals surface area contributed by atoms with Crippen LogP contribution in [0.2, 0.25) is 0 Å². The van der Waals surface area contributed by atoms with Crippen LogP contribution >= 0.6 is 11.3 Å². The minimum atomic E-state index is -0.465. The first-order valence-corrected chi connectivity index (χ1v) is 5.33. The molecule has 0 fully saturated rings. The molecule has 14 heavy (non-hydrogen) atoms. The molecule has 0 aliphatic rings. The predicted octanol–water partition coefficient (Wildman–Crippen LogP) is 1.16. The molecule has 0 bridgehead atoms. The van der Waals surface area contributed by atoms with Crippen molar-refractivity contribution in [3.63, 3.8) is 0 Å². The van der Waals surface area contributed by atoms with Crippen molar-refractivity contribution in [1.29, 1.82) is 0 Å². The van der Waals surface area contributed by atoms with Crippen molar-refractivity contribution < 1.29 is 4.39 Å². The van der Waals surface area contributed by atoms with Gasteiger partial charge in [0.15, 0.2) is 5.96 Å². The maximum absolute atomic E-state index is 11.7. The van der Waals surface area contributed by atoms with E-state index in [0.29, 0.717) is 5.96 Å². The third-order valence-corrected chi connectivity index (χ3v) is 2.56. The average Bonchev–Trinajstić information content (AvgIpc) is 2.67. The highest BCUT2D eigenvalue weighted by Crippen LogP contribution is 2.07. The van der Waals surface area contributed by atoms with Crippen LogP contribution in [0.3, 0.4) is 0 Å². The number of halogens is 1. The fourth-order valence-corrected chi connectivity index (χ4v) is 1.70. The number of aliphatic imine (C=N–C) groups is 1. The molecule has 1 rings (SSSR count). The molecule has 0 radical (unpaired) electrons. The lowest BCUT2D eigenvalue weighted by Crippen LogP contribution is -2.33. The van der Waals surface area contributed by atoms with Gasteiger partial charge in [0.2, 0.25) is 0 Å². The van der Waals surface area contributed by atoms with E-state index in [9.17, 15) is 4.39 Å².